The Morgan fingerprint density at radius 3 is 3.00 bits per heavy atom. The molecule has 1 aliphatic rings. The summed E-state index contributed by atoms with van der Waals surface area (Å²) in [5, 5.41) is 0.792. The average Bonchev–Trinajstić information content (AvgIpc) is 2.89. The first kappa shape index (κ1) is 15.3. The summed E-state index contributed by atoms with van der Waals surface area (Å²) in [6, 6.07) is 12.6. The number of rotatable bonds is 2. The van der Waals surface area contributed by atoms with E-state index < -0.39 is 0 Å². The highest BCUT2D eigenvalue weighted by molar-refractivity contribution is 7.99. The van der Waals surface area contributed by atoms with E-state index in [-0.39, 0.29) is 18.1 Å². The van der Waals surface area contributed by atoms with Gasteiger partial charge in [0.05, 0.1) is 12.1 Å². The van der Waals surface area contributed by atoms with Crippen LogP contribution in [0.1, 0.15) is 11.3 Å². The number of H-pyrrole nitrogens is 1. The summed E-state index contributed by atoms with van der Waals surface area (Å²) >= 11 is 1.78. The minimum Gasteiger partial charge on any atom is -0.358 e. The Morgan fingerprint density at radius 1 is 1.29 bits per heavy atom. The molecule has 3 aromatic rings. The maximum absolute atomic E-state index is 13.6. The summed E-state index contributed by atoms with van der Waals surface area (Å²) in [4.78, 5) is 19.1. The lowest BCUT2D eigenvalue weighted by atomic mass is 10.1. The van der Waals surface area contributed by atoms with Gasteiger partial charge in [0.25, 0.3) is 0 Å². The van der Waals surface area contributed by atoms with E-state index in [4.69, 9.17) is 0 Å². The summed E-state index contributed by atoms with van der Waals surface area (Å²) in [7, 11) is 0. The highest BCUT2D eigenvalue weighted by Crippen LogP contribution is 2.35. The summed E-state index contributed by atoms with van der Waals surface area (Å²) in [6.45, 7) is 2.64. The van der Waals surface area contributed by atoms with Gasteiger partial charge in [-0.15, -0.1) is 11.8 Å². The lowest BCUT2D eigenvalue weighted by Gasteiger charge is -2.29. The second kappa shape index (κ2) is 5.98. The SMILES string of the molecule is Cc1[nH]c2ccc(F)cc2c1CC(=O)N1CCSc2ccccc21. The molecule has 2 aromatic carbocycles. The predicted molar refractivity (Wildman–Crippen MR) is 96.2 cm³/mol. The number of carbonyl (C=O) groups is 1. The van der Waals surface area contributed by atoms with E-state index in [0.717, 1.165) is 38.5 Å². The molecular formula is C19H17FN2OS. The van der Waals surface area contributed by atoms with Crippen molar-refractivity contribution in [2.24, 2.45) is 0 Å². The maximum Gasteiger partial charge on any atom is 0.231 e. The van der Waals surface area contributed by atoms with Crippen molar-refractivity contribution in [1.82, 2.24) is 4.98 Å². The van der Waals surface area contributed by atoms with Crippen molar-refractivity contribution in [3.8, 4) is 0 Å². The molecule has 0 atom stereocenters. The molecule has 3 nitrogen and oxygen atoms in total. The molecule has 1 aliphatic heterocycles. The van der Waals surface area contributed by atoms with E-state index in [1.807, 2.05) is 36.1 Å². The fraction of sp³-hybridized carbons (Fsp3) is 0.211. The van der Waals surface area contributed by atoms with Crippen molar-refractivity contribution in [3.63, 3.8) is 0 Å². The zero-order valence-electron chi connectivity index (χ0n) is 13.3. The lowest BCUT2D eigenvalue weighted by molar-refractivity contribution is -0.118. The van der Waals surface area contributed by atoms with Gasteiger partial charge in [-0.2, -0.15) is 0 Å². The van der Waals surface area contributed by atoms with Gasteiger partial charge in [0.1, 0.15) is 5.82 Å². The fourth-order valence-corrected chi connectivity index (χ4v) is 4.25. The van der Waals surface area contributed by atoms with Gasteiger partial charge in [0.15, 0.2) is 0 Å². The van der Waals surface area contributed by atoms with E-state index in [1.54, 1.807) is 17.8 Å². The van der Waals surface area contributed by atoms with Crippen LogP contribution in [0.5, 0.6) is 0 Å². The van der Waals surface area contributed by atoms with Crippen LogP contribution in [0.25, 0.3) is 10.9 Å². The molecule has 0 fully saturated rings. The molecule has 1 N–H and O–H groups in total. The Balaban J connectivity index is 1.68. The number of benzene rings is 2. The molecule has 1 aromatic heterocycles. The standard InChI is InChI=1S/C19H17FN2OS/c1-12-14(15-10-13(20)6-7-16(15)21-12)11-19(23)22-8-9-24-18-5-3-2-4-17(18)22/h2-7,10,21H,8-9,11H2,1H3. The van der Waals surface area contributed by atoms with Crippen LogP contribution in [0.2, 0.25) is 0 Å². The van der Waals surface area contributed by atoms with Crippen LogP contribution in [-0.4, -0.2) is 23.2 Å². The smallest absolute Gasteiger partial charge is 0.231 e. The topological polar surface area (TPSA) is 36.1 Å². The Morgan fingerprint density at radius 2 is 2.12 bits per heavy atom. The molecule has 4 rings (SSSR count). The number of nitrogens with zero attached hydrogens (tertiary/aromatic N) is 1. The lowest BCUT2D eigenvalue weighted by Crippen LogP contribution is -2.36. The molecule has 0 aliphatic carbocycles. The predicted octanol–water partition coefficient (Wildman–Crippen LogP) is 4.30. The Hall–Kier alpha value is -2.27. The summed E-state index contributed by atoms with van der Waals surface area (Å²) in [5.41, 5.74) is 3.64. The molecule has 1 amide bonds. The van der Waals surface area contributed by atoms with Crippen LogP contribution in [-0.2, 0) is 11.2 Å². The molecule has 0 spiro atoms. The van der Waals surface area contributed by atoms with Gasteiger partial charge in [-0.25, -0.2) is 4.39 Å². The Kier molecular flexibility index (Phi) is 3.81. The number of fused-ring (bicyclic) bond motifs is 2. The van der Waals surface area contributed by atoms with Gasteiger partial charge in [-0.05, 0) is 42.8 Å². The largest absolute Gasteiger partial charge is 0.358 e. The molecule has 24 heavy (non-hydrogen) atoms. The number of para-hydroxylation sites is 1. The van der Waals surface area contributed by atoms with E-state index in [0.29, 0.717) is 6.54 Å². The second-order valence-corrected chi connectivity index (χ2v) is 7.09. The molecule has 0 unspecified atom stereocenters. The zero-order chi connectivity index (χ0) is 16.7. The number of thioether (sulfide) groups is 1. The van der Waals surface area contributed by atoms with Gasteiger partial charge in [0.2, 0.25) is 5.91 Å². The fourth-order valence-electron chi connectivity index (χ4n) is 3.26. The maximum atomic E-state index is 13.6. The first-order chi connectivity index (χ1) is 11.6. The summed E-state index contributed by atoms with van der Waals surface area (Å²) < 4.78 is 13.6. The third-order valence-corrected chi connectivity index (χ3v) is 5.48. The Bertz CT molecular complexity index is 934. The van der Waals surface area contributed by atoms with Crippen molar-refractivity contribution in [2.45, 2.75) is 18.2 Å². The third-order valence-electron chi connectivity index (χ3n) is 4.44. The number of hydrogen-bond donors (Lipinski definition) is 1. The van der Waals surface area contributed by atoms with Crippen molar-refractivity contribution >= 4 is 34.3 Å². The number of aromatic amines is 1. The van der Waals surface area contributed by atoms with Gasteiger partial charge in [-0.3, -0.25) is 4.79 Å². The zero-order valence-corrected chi connectivity index (χ0v) is 14.1. The van der Waals surface area contributed by atoms with Crippen molar-refractivity contribution in [1.29, 1.82) is 0 Å². The molecule has 5 heteroatoms. The van der Waals surface area contributed by atoms with Crippen LogP contribution in [0.3, 0.4) is 0 Å². The van der Waals surface area contributed by atoms with E-state index in [9.17, 15) is 9.18 Å². The number of amides is 1. The minimum atomic E-state index is -0.282. The number of anilines is 1. The van der Waals surface area contributed by atoms with E-state index >= 15 is 0 Å². The average molecular weight is 340 g/mol. The molecule has 0 saturated heterocycles. The van der Waals surface area contributed by atoms with E-state index in [2.05, 4.69) is 4.98 Å². The second-order valence-electron chi connectivity index (χ2n) is 5.96. The van der Waals surface area contributed by atoms with Gasteiger partial charge in [-0.1, -0.05) is 12.1 Å². The number of nitrogens with one attached hydrogen (secondary N) is 1. The monoisotopic (exact) mass is 340 g/mol. The normalized spacial score (nSPS) is 14.0. The number of carbonyl (C=O) groups excluding carboxylic acids is 1. The Labute approximate surface area is 143 Å². The van der Waals surface area contributed by atoms with Crippen LogP contribution in [0.4, 0.5) is 10.1 Å². The molecule has 0 saturated carbocycles. The van der Waals surface area contributed by atoms with Crippen molar-refractivity contribution in [3.05, 3.63) is 59.5 Å². The van der Waals surface area contributed by atoms with Gasteiger partial charge < -0.3 is 9.88 Å². The molecule has 0 radical (unpaired) electrons. The van der Waals surface area contributed by atoms with Gasteiger partial charge >= 0.3 is 0 Å². The molecule has 2 heterocycles. The molecule has 0 bridgehead atoms. The van der Waals surface area contributed by atoms with Crippen LogP contribution in [0, 0.1) is 12.7 Å². The summed E-state index contributed by atoms with van der Waals surface area (Å²) in [6.07, 6.45) is 0.272. The minimum absolute atomic E-state index is 0.0519. The van der Waals surface area contributed by atoms with Crippen LogP contribution < -0.4 is 4.90 Å². The van der Waals surface area contributed by atoms with Crippen molar-refractivity contribution < 1.29 is 9.18 Å². The molecular weight excluding hydrogens is 323 g/mol. The first-order valence-corrected chi connectivity index (χ1v) is 8.91. The van der Waals surface area contributed by atoms with Gasteiger partial charge in [0, 0.05) is 33.8 Å². The van der Waals surface area contributed by atoms with E-state index in [1.165, 1.54) is 12.1 Å². The van der Waals surface area contributed by atoms with Crippen molar-refractivity contribution in [2.75, 3.05) is 17.2 Å². The quantitative estimate of drug-likeness (QED) is 0.755. The highest BCUT2D eigenvalue weighted by Gasteiger charge is 2.24. The first-order valence-electron chi connectivity index (χ1n) is 7.92. The number of halogens is 1. The summed E-state index contributed by atoms with van der Waals surface area (Å²) in [5.74, 6) is 0.662. The highest BCUT2D eigenvalue weighted by atomic mass is 32.2. The number of hydrogen-bond acceptors (Lipinski definition) is 2. The number of aryl methyl sites for hydroxylation is 1. The number of aromatic nitrogens is 1. The van der Waals surface area contributed by atoms with Crippen LogP contribution >= 0.6 is 11.8 Å². The third kappa shape index (κ3) is 2.59. The molecule has 122 valence electrons. The van der Waals surface area contributed by atoms with Crippen LogP contribution in [0.15, 0.2) is 47.4 Å².